The molecule has 0 aliphatic heterocycles. The van der Waals surface area contributed by atoms with Gasteiger partial charge in [-0.25, -0.2) is 12.8 Å². The Morgan fingerprint density at radius 3 is 2.22 bits per heavy atom. The van der Waals surface area contributed by atoms with Crippen molar-refractivity contribution in [3.05, 3.63) is 63.9 Å². The van der Waals surface area contributed by atoms with E-state index in [0.717, 1.165) is 22.7 Å². The van der Waals surface area contributed by atoms with E-state index in [9.17, 15) is 22.4 Å². The number of sulfonamides is 1. The molecule has 1 unspecified atom stereocenters. The molecule has 0 spiro atoms. The van der Waals surface area contributed by atoms with Crippen LogP contribution in [0.5, 0.6) is 0 Å². The predicted octanol–water partition coefficient (Wildman–Crippen LogP) is 3.45. The van der Waals surface area contributed by atoms with Gasteiger partial charge in [-0.1, -0.05) is 42.3 Å². The molecule has 2 aromatic rings. The number of amides is 2. The average Bonchev–Trinajstić information content (AvgIpc) is 2.72. The van der Waals surface area contributed by atoms with E-state index in [1.54, 1.807) is 25.1 Å². The van der Waals surface area contributed by atoms with E-state index in [2.05, 4.69) is 5.32 Å². The van der Waals surface area contributed by atoms with E-state index >= 15 is 0 Å². The highest BCUT2D eigenvalue weighted by Gasteiger charge is 2.32. The Morgan fingerprint density at radius 1 is 1.12 bits per heavy atom. The van der Waals surface area contributed by atoms with Crippen molar-refractivity contribution >= 4 is 50.7 Å². The Balaban J connectivity index is 2.49. The molecule has 0 bridgehead atoms. The molecule has 2 amide bonds. The summed E-state index contributed by atoms with van der Waals surface area (Å²) in [4.78, 5) is 27.1. The summed E-state index contributed by atoms with van der Waals surface area (Å²) < 4.78 is 39.3. The lowest BCUT2D eigenvalue weighted by Gasteiger charge is -2.33. The Bertz CT molecular complexity index is 1080. The second kappa shape index (κ2) is 11.0. The Morgan fingerprint density at radius 2 is 1.72 bits per heavy atom. The summed E-state index contributed by atoms with van der Waals surface area (Å²) in [5.74, 6) is -1.76. The lowest BCUT2D eigenvalue weighted by atomic mass is 10.1. The molecule has 0 aliphatic rings. The summed E-state index contributed by atoms with van der Waals surface area (Å²) in [6.07, 6.45) is 1.17. The van der Waals surface area contributed by atoms with Crippen LogP contribution in [0.2, 0.25) is 10.0 Å². The van der Waals surface area contributed by atoms with Crippen molar-refractivity contribution in [3.63, 3.8) is 0 Å². The van der Waals surface area contributed by atoms with Gasteiger partial charge in [-0.3, -0.25) is 13.9 Å². The number of carbonyl (C=O) groups is 2. The first-order chi connectivity index (χ1) is 15.0. The van der Waals surface area contributed by atoms with Crippen LogP contribution in [0.4, 0.5) is 10.1 Å². The van der Waals surface area contributed by atoms with Crippen molar-refractivity contribution in [1.29, 1.82) is 0 Å². The monoisotopic (exact) mass is 503 g/mol. The molecule has 32 heavy (non-hydrogen) atoms. The maximum atomic E-state index is 13.7. The van der Waals surface area contributed by atoms with Crippen molar-refractivity contribution in [3.8, 4) is 0 Å². The van der Waals surface area contributed by atoms with Crippen LogP contribution in [0.15, 0.2) is 42.5 Å². The van der Waals surface area contributed by atoms with Crippen molar-refractivity contribution < 1.29 is 22.4 Å². The molecule has 0 saturated carbocycles. The van der Waals surface area contributed by atoms with Crippen LogP contribution in [-0.2, 0) is 26.2 Å². The maximum absolute atomic E-state index is 13.7. The molecular weight excluding hydrogens is 480 g/mol. The zero-order valence-electron chi connectivity index (χ0n) is 17.8. The van der Waals surface area contributed by atoms with Crippen molar-refractivity contribution in [1.82, 2.24) is 10.2 Å². The average molecular weight is 504 g/mol. The summed E-state index contributed by atoms with van der Waals surface area (Å²) in [6, 6.07) is 8.83. The van der Waals surface area contributed by atoms with Crippen LogP contribution in [0, 0.1) is 5.82 Å². The van der Waals surface area contributed by atoms with Crippen LogP contribution < -0.4 is 9.62 Å². The van der Waals surface area contributed by atoms with Crippen molar-refractivity contribution in [2.75, 3.05) is 24.2 Å². The second-order valence-electron chi connectivity index (χ2n) is 7.01. The third-order valence-corrected chi connectivity index (χ3v) is 6.65. The summed E-state index contributed by atoms with van der Waals surface area (Å²) in [5.41, 5.74) is 0.410. The van der Waals surface area contributed by atoms with Gasteiger partial charge < -0.3 is 10.2 Å². The molecule has 7 nitrogen and oxygen atoms in total. The SMILES string of the molecule is CCC(C(=O)NC)N(Cc1c(Cl)cccc1Cl)C(=O)CN(c1cccc(F)c1)S(C)(=O)=O. The summed E-state index contributed by atoms with van der Waals surface area (Å²) in [5, 5.41) is 3.11. The van der Waals surface area contributed by atoms with E-state index in [-0.39, 0.29) is 18.7 Å². The van der Waals surface area contributed by atoms with E-state index in [0.29, 0.717) is 15.6 Å². The standard InChI is InChI=1S/C21H24Cl2FN3O4S/c1-4-19(21(29)25-2)26(12-16-17(22)9-6-10-18(16)23)20(28)13-27(32(3,30)31)15-8-5-7-14(24)11-15/h5-11,19H,4,12-13H2,1-3H3,(H,25,29). The first kappa shape index (κ1) is 25.9. The fourth-order valence-corrected chi connectivity index (χ4v) is 4.54. The van der Waals surface area contributed by atoms with Gasteiger partial charge in [0.25, 0.3) is 0 Å². The summed E-state index contributed by atoms with van der Waals surface area (Å²) in [6.45, 7) is 0.956. The minimum absolute atomic E-state index is 0.00966. The molecule has 0 radical (unpaired) electrons. The van der Waals surface area contributed by atoms with Crippen LogP contribution in [-0.4, -0.2) is 51.0 Å². The van der Waals surface area contributed by atoms with Gasteiger partial charge in [0.1, 0.15) is 18.4 Å². The largest absolute Gasteiger partial charge is 0.357 e. The fourth-order valence-electron chi connectivity index (χ4n) is 3.18. The number of nitrogens with one attached hydrogen (secondary N) is 1. The zero-order chi connectivity index (χ0) is 24.1. The lowest BCUT2D eigenvalue weighted by Crippen LogP contribution is -2.51. The number of halogens is 3. The minimum atomic E-state index is -3.94. The molecule has 0 aliphatic carbocycles. The quantitative estimate of drug-likeness (QED) is 0.567. The highest BCUT2D eigenvalue weighted by Crippen LogP contribution is 2.27. The lowest BCUT2D eigenvalue weighted by molar-refractivity contribution is -0.140. The fraction of sp³-hybridized carbons (Fsp3) is 0.333. The normalized spacial score (nSPS) is 12.2. The van der Waals surface area contributed by atoms with Gasteiger partial charge in [-0.15, -0.1) is 0 Å². The van der Waals surface area contributed by atoms with Gasteiger partial charge in [-0.05, 0) is 36.8 Å². The maximum Gasteiger partial charge on any atom is 0.244 e. The van der Waals surface area contributed by atoms with E-state index in [1.807, 2.05) is 0 Å². The van der Waals surface area contributed by atoms with E-state index < -0.39 is 40.2 Å². The number of benzene rings is 2. The molecule has 0 saturated heterocycles. The zero-order valence-corrected chi connectivity index (χ0v) is 20.1. The molecule has 11 heteroatoms. The predicted molar refractivity (Wildman–Crippen MR) is 124 cm³/mol. The van der Waals surface area contributed by atoms with Crippen LogP contribution in [0.3, 0.4) is 0 Å². The highest BCUT2D eigenvalue weighted by molar-refractivity contribution is 7.92. The van der Waals surface area contributed by atoms with Gasteiger partial charge in [0.05, 0.1) is 11.9 Å². The second-order valence-corrected chi connectivity index (χ2v) is 9.73. The molecular formula is C21H24Cl2FN3O4S. The van der Waals surface area contributed by atoms with Crippen molar-refractivity contribution in [2.24, 2.45) is 0 Å². The summed E-state index contributed by atoms with van der Waals surface area (Å²) >= 11 is 12.5. The van der Waals surface area contributed by atoms with Gasteiger partial charge in [-0.2, -0.15) is 0 Å². The van der Waals surface area contributed by atoms with Gasteiger partial charge >= 0.3 is 0 Å². The van der Waals surface area contributed by atoms with Gasteiger partial charge in [0.2, 0.25) is 21.8 Å². The smallest absolute Gasteiger partial charge is 0.244 e. The molecule has 2 aromatic carbocycles. The van der Waals surface area contributed by atoms with E-state index in [1.165, 1.54) is 24.1 Å². The Hall–Kier alpha value is -2.36. The molecule has 0 aromatic heterocycles. The number of carbonyl (C=O) groups excluding carboxylic acids is 2. The third-order valence-electron chi connectivity index (χ3n) is 4.80. The molecule has 2 rings (SSSR count). The third kappa shape index (κ3) is 6.34. The Labute approximate surface area is 197 Å². The number of rotatable bonds is 9. The van der Waals surface area contributed by atoms with Gasteiger partial charge in [0.15, 0.2) is 0 Å². The molecule has 174 valence electrons. The van der Waals surface area contributed by atoms with Crippen LogP contribution >= 0.6 is 23.2 Å². The minimum Gasteiger partial charge on any atom is -0.357 e. The topological polar surface area (TPSA) is 86.8 Å². The van der Waals surface area contributed by atoms with Crippen LogP contribution in [0.25, 0.3) is 0 Å². The van der Waals surface area contributed by atoms with Crippen LogP contribution in [0.1, 0.15) is 18.9 Å². The molecule has 1 N–H and O–H groups in total. The number of nitrogens with zero attached hydrogens (tertiary/aromatic N) is 2. The Kier molecular flexibility index (Phi) is 8.89. The molecule has 1 atom stereocenters. The number of likely N-dealkylation sites (N-methyl/N-ethyl adjacent to an activating group) is 1. The number of anilines is 1. The first-order valence-electron chi connectivity index (χ1n) is 9.66. The van der Waals surface area contributed by atoms with Crippen molar-refractivity contribution in [2.45, 2.75) is 25.9 Å². The number of hydrogen-bond donors (Lipinski definition) is 1. The summed E-state index contributed by atoms with van der Waals surface area (Å²) in [7, 11) is -2.51. The first-order valence-corrected chi connectivity index (χ1v) is 12.3. The number of hydrogen-bond acceptors (Lipinski definition) is 4. The molecule has 0 heterocycles. The van der Waals surface area contributed by atoms with E-state index in [4.69, 9.17) is 23.2 Å². The molecule has 0 fully saturated rings. The highest BCUT2D eigenvalue weighted by atomic mass is 35.5. The van der Waals surface area contributed by atoms with Gasteiger partial charge in [0, 0.05) is 29.2 Å².